The topological polar surface area (TPSA) is 46.3 Å². The highest BCUT2D eigenvalue weighted by molar-refractivity contribution is 9.10. The Morgan fingerprint density at radius 1 is 1.17 bits per heavy atom. The molecule has 1 aliphatic rings. The van der Waals surface area contributed by atoms with Gasteiger partial charge in [-0.05, 0) is 54.7 Å². The second kappa shape index (κ2) is 7.39. The number of nitrogen functional groups attached to an aromatic ring is 1. The number of halogens is 1. The van der Waals surface area contributed by atoms with E-state index in [-0.39, 0.29) is 5.78 Å². The average Bonchev–Trinajstić information content (AvgIpc) is 2.58. The lowest BCUT2D eigenvalue weighted by Gasteiger charge is -2.33. The molecule has 0 radical (unpaired) electrons. The summed E-state index contributed by atoms with van der Waals surface area (Å²) in [5.74, 6) is 0.884. The van der Waals surface area contributed by atoms with Gasteiger partial charge < -0.3 is 10.6 Å². The summed E-state index contributed by atoms with van der Waals surface area (Å²) in [5.41, 5.74) is 9.38. The van der Waals surface area contributed by atoms with E-state index in [1.807, 2.05) is 42.5 Å². The maximum Gasteiger partial charge on any atom is 0.169 e. The molecule has 4 heteroatoms. The SMILES string of the molecule is CC1CCN(c2ccc(N)cc2C(=O)Cc2ccc(Br)cc2)CC1. The van der Waals surface area contributed by atoms with Crippen LogP contribution in [0.4, 0.5) is 11.4 Å². The Morgan fingerprint density at radius 3 is 2.50 bits per heavy atom. The molecule has 3 rings (SSSR count). The number of rotatable bonds is 4. The molecule has 0 unspecified atom stereocenters. The third kappa shape index (κ3) is 3.99. The highest BCUT2D eigenvalue weighted by Crippen LogP contribution is 2.29. The van der Waals surface area contributed by atoms with Crippen LogP contribution in [0.3, 0.4) is 0 Å². The van der Waals surface area contributed by atoms with E-state index in [1.54, 1.807) is 0 Å². The summed E-state index contributed by atoms with van der Waals surface area (Å²) >= 11 is 3.43. The second-order valence-electron chi connectivity index (χ2n) is 6.67. The second-order valence-corrected chi connectivity index (χ2v) is 7.59. The lowest BCUT2D eigenvalue weighted by atomic mass is 9.96. The smallest absolute Gasteiger partial charge is 0.169 e. The Balaban J connectivity index is 1.84. The molecular formula is C20H23BrN2O. The molecule has 2 aromatic rings. The zero-order valence-electron chi connectivity index (χ0n) is 14.0. The molecule has 3 nitrogen and oxygen atoms in total. The van der Waals surface area contributed by atoms with Crippen molar-refractivity contribution in [1.29, 1.82) is 0 Å². The summed E-state index contributed by atoms with van der Waals surface area (Å²) in [6, 6.07) is 13.6. The van der Waals surface area contributed by atoms with Crippen molar-refractivity contribution in [2.45, 2.75) is 26.2 Å². The first kappa shape index (κ1) is 17.0. The predicted octanol–water partition coefficient (Wildman–Crippen LogP) is 4.69. The molecule has 1 aliphatic heterocycles. The van der Waals surface area contributed by atoms with Crippen LogP contribution in [0.1, 0.15) is 35.7 Å². The molecule has 24 heavy (non-hydrogen) atoms. The van der Waals surface area contributed by atoms with Crippen LogP contribution >= 0.6 is 15.9 Å². The number of hydrogen-bond donors (Lipinski definition) is 1. The molecule has 126 valence electrons. The number of carbonyl (C=O) groups excluding carboxylic acids is 1. The summed E-state index contributed by atoms with van der Waals surface area (Å²) in [6.07, 6.45) is 2.74. The normalized spacial score (nSPS) is 15.5. The first-order valence-corrected chi connectivity index (χ1v) is 9.24. The number of nitrogens with zero attached hydrogens (tertiary/aromatic N) is 1. The number of benzene rings is 2. The first-order valence-electron chi connectivity index (χ1n) is 8.45. The molecule has 1 heterocycles. The van der Waals surface area contributed by atoms with Gasteiger partial charge in [0.15, 0.2) is 5.78 Å². The summed E-state index contributed by atoms with van der Waals surface area (Å²) in [5, 5.41) is 0. The van der Waals surface area contributed by atoms with Gasteiger partial charge in [-0.3, -0.25) is 4.79 Å². The molecule has 1 saturated heterocycles. The van der Waals surface area contributed by atoms with Gasteiger partial charge in [0.25, 0.3) is 0 Å². The van der Waals surface area contributed by atoms with Crippen molar-refractivity contribution < 1.29 is 4.79 Å². The first-order chi connectivity index (χ1) is 11.5. The van der Waals surface area contributed by atoms with Gasteiger partial charge in [0.1, 0.15) is 0 Å². The van der Waals surface area contributed by atoms with Crippen LogP contribution in [0.2, 0.25) is 0 Å². The van der Waals surface area contributed by atoms with Crippen molar-refractivity contribution >= 4 is 33.1 Å². The largest absolute Gasteiger partial charge is 0.399 e. The Labute approximate surface area is 152 Å². The molecule has 0 atom stereocenters. The molecule has 0 saturated carbocycles. The van der Waals surface area contributed by atoms with Crippen molar-refractivity contribution in [2.75, 3.05) is 23.7 Å². The Bertz CT molecular complexity index is 719. The number of anilines is 2. The maximum absolute atomic E-state index is 12.9. The molecule has 0 bridgehead atoms. The van der Waals surface area contributed by atoms with E-state index < -0.39 is 0 Å². The number of ketones is 1. The minimum Gasteiger partial charge on any atom is -0.399 e. The van der Waals surface area contributed by atoms with E-state index in [4.69, 9.17) is 5.73 Å². The van der Waals surface area contributed by atoms with E-state index in [2.05, 4.69) is 27.8 Å². The summed E-state index contributed by atoms with van der Waals surface area (Å²) in [4.78, 5) is 15.2. The van der Waals surface area contributed by atoms with E-state index >= 15 is 0 Å². The van der Waals surface area contributed by atoms with Crippen LogP contribution in [-0.2, 0) is 6.42 Å². The van der Waals surface area contributed by atoms with Gasteiger partial charge in [0.05, 0.1) is 0 Å². The van der Waals surface area contributed by atoms with Gasteiger partial charge in [0.2, 0.25) is 0 Å². The number of carbonyl (C=O) groups is 1. The van der Waals surface area contributed by atoms with Crippen molar-refractivity contribution in [3.8, 4) is 0 Å². The van der Waals surface area contributed by atoms with E-state index in [9.17, 15) is 4.79 Å². The minimum atomic E-state index is 0.123. The van der Waals surface area contributed by atoms with Crippen LogP contribution < -0.4 is 10.6 Å². The van der Waals surface area contributed by atoms with Crippen LogP contribution in [0.15, 0.2) is 46.9 Å². The molecule has 2 N–H and O–H groups in total. The lowest BCUT2D eigenvalue weighted by Crippen LogP contribution is -2.34. The number of hydrogen-bond acceptors (Lipinski definition) is 3. The predicted molar refractivity (Wildman–Crippen MR) is 104 cm³/mol. The third-order valence-corrected chi connectivity index (χ3v) is 5.25. The number of nitrogens with two attached hydrogens (primary N) is 1. The van der Waals surface area contributed by atoms with Gasteiger partial charge in [0, 0.05) is 40.9 Å². The average molecular weight is 387 g/mol. The van der Waals surface area contributed by atoms with Gasteiger partial charge in [-0.2, -0.15) is 0 Å². The molecule has 0 aliphatic carbocycles. The van der Waals surface area contributed by atoms with Gasteiger partial charge in [-0.25, -0.2) is 0 Å². The summed E-state index contributed by atoms with van der Waals surface area (Å²) in [7, 11) is 0. The fourth-order valence-electron chi connectivity index (χ4n) is 3.19. The fraction of sp³-hybridized carbons (Fsp3) is 0.350. The van der Waals surface area contributed by atoms with E-state index in [0.29, 0.717) is 12.1 Å². The highest BCUT2D eigenvalue weighted by Gasteiger charge is 2.21. The zero-order valence-corrected chi connectivity index (χ0v) is 15.6. The minimum absolute atomic E-state index is 0.123. The molecule has 2 aromatic carbocycles. The van der Waals surface area contributed by atoms with Crippen LogP contribution in [0.25, 0.3) is 0 Å². The fourth-order valence-corrected chi connectivity index (χ4v) is 3.45. The highest BCUT2D eigenvalue weighted by atomic mass is 79.9. The summed E-state index contributed by atoms with van der Waals surface area (Å²) < 4.78 is 1.02. The maximum atomic E-state index is 12.9. The molecule has 0 spiro atoms. The van der Waals surface area contributed by atoms with Crippen molar-refractivity contribution in [2.24, 2.45) is 5.92 Å². The Morgan fingerprint density at radius 2 is 1.83 bits per heavy atom. The van der Waals surface area contributed by atoms with E-state index in [0.717, 1.165) is 40.3 Å². The van der Waals surface area contributed by atoms with Gasteiger partial charge in [-0.1, -0.05) is 35.0 Å². The van der Waals surface area contributed by atoms with Crippen LogP contribution in [-0.4, -0.2) is 18.9 Å². The van der Waals surface area contributed by atoms with Crippen molar-refractivity contribution in [3.05, 3.63) is 58.1 Å². The third-order valence-electron chi connectivity index (χ3n) is 4.72. The quantitative estimate of drug-likeness (QED) is 0.612. The van der Waals surface area contributed by atoms with Crippen molar-refractivity contribution in [1.82, 2.24) is 0 Å². The molecule has 0 aromatic heterocycles. The van der Waals surface area contributed by atoms with E-state index in [1.165, 1.54) is 12.8 Å². The van der Waals surface area contributed by atoms with Crippen molar-refractivity contribution in [3.63, 3.8) is 0 Å². The number of piperidine rings is 1. The molecular weight excluding hydrogens is 364 g/mol. The Kier molecular flexibility index (Phi) is 5.24. The molecule has 0 amide bonds. The summed E-state index contributed by atoms with van der Waals surface area (Å²) in [6.45, 7) is 4.30. The lowest BCUT2D eigenvalue weighted by molar-refractivity contribution is 0.0993. The van der Waals surface area contributed by atoms with Crippen LogP contribution in [0, 0.1) is 5.92 Å². The number of Topliss-reactive ketones (excluding diaryl/α,β-unsaturated/α-hetero) is 1. The zero-order chi connectivity index (χ0) is 17.1. The van der Waals surface area contributed by atoms with Gasteiger partial charge >= 0.3 is 0 Å². The monoisotopic (exact) mass is 386 g/mol. The standard InChI is InChI=1S/C20H23BrN2O/c1-14-8-10-23(11-9-14)19-7-6-17(22)13-18(19)20(24)12-15-2-4-16(21)5-3-15/h2-7,13-14H,8-12,22H2,1H3. The van der Waals surface area contributed by atoms with Crippen LogP contribution in [0.5, 0.6) is 0 Å². The van der Waals surface area contributed by atoms with Gasteiger partial charge in [-0.15, -0.1) is 0 Å². The molecule has 1 fully saturated rings. The Hall–Kier alpha value is -1.81.